The standard InChI is InChI=1S/C19H25N/c1-4-11-20-18-13-17(19(18,2)3)16-10-9-14-7-5-6-8-15(14)12-16/h5-10,12,17-18,20H,4,11,13H2,1-3H3. The summed E-state index contributed by atoms with van der Waals surface area (Å²) in [6, 6.07) is 16.3. The summed E-state index contributed by atoms with van der Waals surface area (Å²) >= 11 is 0. The Morgan fingerprint density at radius 1 is 1.10 bits per heavy atom. The average molecular weight is 267 g/mol. The SMILES string of the molecule is CCCNC1CC(c2ccc3ccccc3c2)C1(C)C. The molecule has 2 atom stereocenters. The Labute approximate surface area is 122 Å². The largest absolute Gasteiger partial charge is 0.313 e. The highest BCUT2D eigenvalue weighted by molar-refractivity contribution is 5.83. The van der Waals surface area contributed by atoms with E-state index in [-0.39, 0.29) is 0 Å². The molecular formula is C19H25N. The van der Waals surface area contributed by atoms with E-state index < -0.39 is 0 Å². The van der Waals surface area contributed by atoms with Gasteiger partial charge in [0, 0.05) is 6.04 Å². The minimum absolute atomic E-state index is 0.359. The Morgan fingerprint density at radius 3 is 2.55 bits per heavy atom. The summed E-state index contributed by atoms with van der Waals surface area (Å²) in [6.07, 6.45) is 2.48. The third kappa shape index (κ3) is 2.25. The fourth-order valence-electron chi connectivity index (χ4n) is 3.58. The van der Waals surface area contributed by atoms with Crippen molar-refractivity contribution >= 4 is 10.8 Å². The molecule has 1 aliphatic rings. The van der Waals surface area contributed by atoms with Gasteiger partial charge in [0.1, 0.15) is 0 Å². The molecule has 0 aromatic heterocycles. The molecule has 2 aromatic carbocycles. The lowest BCUT2D eigenvalue weighted by Gasteiger charge is -2.53. The highest BCUT2D eigenvalue weighted by Gasteiger charge is 2.48. The summed E-state index contributed by atoms with van der Waals surface area (Å²) in [7, 11) is 0. The maximum Gasteiger partial charge on any atom is 0.0130 e. The van der Waals surface area contributed by atoms with E-state index in [4.69, 9.17) is 0 Å². The van der Waals surface area contributed by atoms with Crippen molar-refractivity contribution in [2.45, 2.75) is 45.6 Å². The topological polar surface area (TPSA) is 12.0 Å². The number of hydrogen-bond acceptors (Lipinski definition) is 1. The highest BCUT2D eigenvalue weighted by atomic mass is 15.0. The van der Waals surface area contributed by atoms with Crippen molar-refractivity contribution in [1.82, 2.24) is 5.32 Å². The quantitative estimate of drug-likeness (QED) is 0.845. The van der Waals surface area contributed by atoms with Gasteiger partial charge in [-0.05, 0) is 47.1 Å². The van der Waals surface area contributed by atoms with E-state index in [1.54, 1.807) is 0 Å². The molecule has 0 radical (unpaired) electrons. The second-order valence-electron chi connectivity index (χ2n) is 6.72. The molecule has 0 saturated heterocycles. The summed E-state index contributed by atoms with van der Waals surface area (Å²) < 4.78 is 0. The van der Waals surface area contributed by atoms with Crippen molar-refractivity contribution in [3.63, 3.8) is 0 Å². The van der Waals surface area contributed by atoms with Gasteiger partial charge in [-0.1, -0.05) is 63.2 Å². The molecule has 1 fully saturated rings. The van der Waals surface area contributed by atoms with E-state index in [2.05, 4.69) is 68.6 Å². The summed E-state index contributed by atoms with van der Waals surface area (Å²) in [4.78, 5) is 0. The van der Waals surface area contributed by atoms with Crippen LogP contribution in [0.2, 0.25) is 0 Å². The molecule has 0 aliphatic heterocycles. The van der Waals surface area contributed by atoms with Crippen molar-refractivity contribution in [2.24, 2.45) is 5.41 Å². The van der Waals surface area contributed by atoms with Crippen LogP contribution in [0, 0.1) is 5.41 Å². The van der Waals surface area contributed by atoms with Crippen LogP contribution in [-0.4, -0.2) is 12.6 Å². The molecule has 1 saturated carbocycles. The van der Waals surface area contributed by atoms with Crippen LogP contribution in [0.3, 0.4) is 0 Å². The first-order chi connectivity index (χ1) is 9.63. The van der Waals surface area contributed by atoms with Crippen LogP contribution in [-0.2, 0) is 0 Å². The number of nitrogens with one attached hydrogen (secondary N) is 1. The van der Waals surface area contributed by atoms with Gasteiger partial charge in [0.25, 0.3) is 0 Å². The van der Waals surface area contributed by atoms with Gasteiger partial charge >= 0.3 is 0 Å². The number of benzene rings is 2. The lowest BCUT2D eigenvalue weighted by atomic mass is 9.56. The summed E-state index contributed by atoms with van der Waals surface area (Å²) in [5, 5.41) is 6.40. The maximum atomic E-state index is 3.70. The minimum Gasteiger partial charge on any atom is -0.313 e. The Kier molecular flexibility index (Phi) is 3.55. The van der Waals surface area contributed by atoms with Gasteiger partial charge in [-0.2, -0.15) is 0 Å². The lowest BCUT2D eigenvalue weighted by Crippen LogP contribution is -2.55. The highest BCUT2D eigenvalue weighted by Crippen LogP contribution is 2.52. The van der Waals surface area contributed by atoms with Crippen LogP contribution in [0.4, 0.5) is 0 Å². The van der Waals surface area contributed by atoms with Crippen LogP contribution in [0.1, 0.15) is 45.1 Å². The molecule has 0 bridgehead atoms. The molecule has 0 amide bonds. The first-order valence-corrected chi connectivity index (χ1v) is 7.85. The normalized spacial score (nSPS) is 24.6. The zero-order valence-corrected chi connectivity index (χ0v) is 12.8. The fourth-order valence-corrected chi connectivity index (χ4v) is 3.58. The summed E-state index contributed by atoms with van der Waals surface area (Å²) in [5.41, 5.74) is 1.86. The summed E-state index contributed by atoms with van der Waals surface area (Å²) in [6.45, 7) is 8.19. The zero-order valence-electron chi connectivity index (χ0n) is 12.8. The van der Waals surface area contributed by atoms with E-state index in [1.165, 1.54) is 29.2 Å². The first kappa shape index (κ1) is 13.6. The van der Waals surface area contributed by atoms with Crippen LogP contribution in [0.5, 0.6) is 0 Å². The van der Waals surface area contributed by atoms with Gasteiger partial charge in [-0.25, -0.2) is 0 Å². The van der Waals surface area contributed by atoms with Gasteiger partial charge in [-0.15, -0.1) is 0 Å². The van der Waals surface area contributed by atoms with Crippen LogP contribution in [0.25, 0.3) is 10.8 Å². The molecule has 1 nitrogen and oxygen atoms in total. The molecule has 106 valence electrons. The molecule has 0 heterocycles. The number of rotatable bonds is 4. The van der Waals surface area contributed by atoms with Crippen LogP contribution in [0.15, 0.2) is 42.5 Å². The third-order valence-corrected chi connectivity index (χ3v) is 5.08. The fraction of sp³-hybridized carbons (Fsp3) is 0.474. The Balaban J connectivity index is 1.82. The van der Waals surface area contributed by atoms with Gasteiger partial charge in [0.15, 0.2) is 0 Å². The van der Waals surface area contributed by atoms with Crippen molar-refractivity contribution in [2.75, 3.05) is 6.54 Å². The van der Waals surface area contributed by atoms with Crippen molar-refractivity contribution in [3.05, 3.63) is 48.0 Å². The van der Waals surface area contributed by atoms with Gasteiger partial charge in [0.2, 0.25) is 0 Å². The van der Waals surface area contributed by atoms with Crippen molar-refractivity contribution in [3.8, 4) is 0 Å². The van der Waals surface area contributed by atoms with Crippen molar-refractivity contribution in [1.29, 1.82) is 0 Å². The van der Waals surface area contributed by atoms with E-state index in [1.807, 2.05) is 0 Å². The zero-order chi connectivity index (χ0) is 14.2. The molecule has 1 heteroatoms. The molecule has 3 rings (SSSR count). The molecule has 1 aliphatic carbocycles. The maximum absolute atomic E-state index is 3.70. The second kappa shape index (κ2) is 5.21. The molecule has 2 unspecified atom stereocenters. The van der Waals surface area contributed by atoms with E-state index in [0.29, 0.717) is 17.4 Å². The van der Waals surface area contributed by atoms with Gasteiger partial charge in [-0.3, -0.25) is 0 Å². The molecule has 1 N–H and O–H groups in total. The average Bonchev–Trinajstić information content (AvgIpc) is 2.46. The van der Waals surface area contributed by atoms with Crippen LogP contribution < -0.4 is 5.32 Å². The molecular weight excluding hydrogens is 242 g/mol. The van der Waals surface area contributed by atoms with Gasteiger partial charge in [0.05, 0.1) is 0 Å². The van der Waals surface area contributed by atoms with Crippen molar-refractivity contribution < 1.29 is 0 Å². The predicted molar refractivity (Wildman–Crippen MR) is 87.2 cm³/mol. The Morgan fingerprint density at radius 2 is 1.85 bits per heavy atom. The Hall–Kier alpha value is -1.34. The predicted octanol–water partition coefficient (Wildman–Crippen LogP) is 4.72. The smallest absolute Gasteiger partial charge is 0.0130 e. The van der Waals surface area contributed by atoms with E-state index in [9.17, 15) is 0 Å². The molecule has 0 spiro atoms. The minimum atomic E-state index is 0.359. The monoisotopic (exact) mass is 267 g/mol. The van der Waals surface area contributed by atoms with Gasteiger partial charge < -0.3 is 5.32 Å². The second-order valence-corrected chi connectivity index (χ2v) is 6.72. The summed E-state index contributed by atoms with van der Waals surface area (Å²) in [5.74, 6) is 0.682. The third-order valence-electron chi connectivity index (χ3n) is 5.08. The van der Waals surface area contributed by atoms with Crippen LogP contribution >= 0.6 is 0 Å². The Bertz CT molecular complexity index is 599. The van der Waals surface area contributed by atoms with E-state index >= 15 is 0 Å². The first-order valence-electron chi connectivity index (χ1n) is 7.85. The molecule has 20 heavy (non-hydrogen) atoms. The molecule has 2 aromatic rings. The lowest BCUT2D eigenvalue weighted by molar-refractivity contribution is 0.0696. The van der Waals surface area contributed by atoms with E-state index in [0.717, 1.165) is 6.54 Å². The number of fused-ring (bicyclic) bond motifs is 1. The number of hydrogen-bond donors (Lipinski definition) is 1.